The van der Waals surface area contributed by atoms with Gasteiger partial charge in [0.05, 0.1) is 15.7 Å². The molecule has 0 fully saturated rings. The predicted molar refractivity (Wildman–Crippen MR) is 216 cm³/mol. The van der Waals surface area contributed by atoms with E-state index in [0.717, 1.165) is 66.0 Å². The highest BCUT2D eigenvalue weighted by molar-refractivity contribution is 7.26. The normalized spacial score (nSPS) is 11.9. The molecule has 0 aliphatic carbocycles. The molecule has 0 saturated heterocycles. The standard InChI is InChI=1S/C45H25BN4OS/c46-35-15-9-16-38-40(35)34-25-29(19-23-37(34)51-38)28-18-22-36-33(24-28)31-20-21-32-30-14-7-8-17-39(30)52-42(32)41(31)50(36)45-48-43(26-10-3-1-4-11-26)47-44(49-45)27-12-5-2-6-13-27/h1-25H. The van der Waals surface area contributed by atoms with E-state index in [1.165, 1.54) is 20.2 Å². The average molecular weight is 681 g/mol. The predicted octanol–water partition coefficient (Wildman–Crippen LogP) is 11.0. The van der Waals surface area contributed by atoms with E-state index in [9.17, 15) is 0 Å². The van der Waals surface area contributed by atoms with Crippen molar-refractivity contribution in [1.29, 1.82) is 0 Å². The Morgan fingerprint density at radius 1 is 0.500 bits per heavy atom. The summed E-state index contributed by atoms with van der Waals surface area (Å²) in [6.45, 7) is 0. The molecular weight excluding hydrogens is 655 g/mol. The number of hydrogen-bond donors (Lipinski definition) is 0. The van der Waals surface area contributed by atoms with Gasteiger partial charge in [-0.2, -0.15) is 9.97 Å². The molecule has 0 amide bonds. The van der Waals surface area contributed by atoms with Crippen molar-refractivity contribution >= 4 is 88.6 Å². The largest absolute Gasteiger partial charge is 0.456 e. The first kappa shape index (κ1) is 29.2. The molecular formula is C45H25BN4OS. The Hall–Kier alpha value is -6.57. The highest BCUT2D eigenvalue weighted by Gasteiger charge is 2.22. The fraction of sp³-hybridized carbons (Fsp3) is 0. The minimum atomic E-state index is 0.576. The summed E-state index contributed by atoms with van der Waals surface area (Å²) in [5.41, 5.74) is 8.47. The summed E-state index contributed by atoms with van der Waals surface area (Å²) in [4.78, 5) is 15.4. The second-order valence-electron chi connectivity index (χ2n) is 13.1. The first-order chi connectivity index (χ1) is 25.7. The number of aromatic nitrogens is 4. The SMILES string of the molecule is [B]c1cccc2oc3ccc(-c4ccc5c(c4)c4ccc6c7ccccc7sc6c4n5-c4nc(-c5ccccc5)nc(-c5ccccc5)n4)cc3c12. The fourth-order valence-corrected chi connectivity index (χ4v) is 8.84. The van der Waals surface area contributed by atoms with E-state index in [-0.39, 0.29) is 0 Å². The Balaban J connectivity index is 1.22. The molecule has 0 saturated carbocycles. The van der Waals surface area contributed by atoms with Gasteiger partial charge in [0.25, 0.3) is 0 Å². The van der Waals surface area contributed by atoms with E-state index in [2.05, 4.69) is 71.3 Å². The van der Waals surface area contributed by atoms with Crippen molar-refractivity contribution in [2.75, 3.05) is 0 Å². The van der Waals surface area contributed by atoms with Crippen LogP contribution in [0, 0.1) is 0 Å². The molecule has 4 heterocycles. The Morgan fingerprint density at radius 2 is 1.17 bits per heavy atom. The number of thiophene rings is 1. The lowest BCUT2D eigenvalue weighted by Gasteiger charge is -2.11. The van der Waals surface area contributed by atoms with Gasteiger partial charge in [0.15, 0.2) is 11.6 Å². The van der Waals surface area contributed by atoms with E-state index >= 15 is 0 Å². The molecule has 11 rings (SSSR count). The van der Waals surface area contributed by atoms with Gasteiger partial charge >= 0.3 is 0 Å². The molecule has 2 radical (unpaired) electrons. The molecule has 5 nitrogen and oxygen atoms in total. The maximum atomic E-state index is 6.44. The summed E-state index contributed by atoms with van der Waals surface area (Å²) >= 11 is 1.81. The molecule has 0 aliphatic rings. The van der Waals surface area contributed by atoms with Gasteiger partial charge in [-0.3, -0.25) is 4.57 Å². The molecule has 0 spiro atoms. The van der Waals surface area contributed by atoms with Gasteiger partial charge in [0.2, 0.25) is 5.95 Å². The van der Waals surface area contributed by atoms with Crippen LogP contribution in [-0.4, -0.2) is 27.4 Å². The molecule has 7 aromatic carbocycles. The summed E-state index contributed by atoms with van der Waals surface area (Å²) in [5.74, 6) is 1.83. The van der Waals surface area contributed by atoms with Crippen LogP contribution in [0.3, 0.4) is 0 Å². The molecule has 52 heavy (non-hydrogen) atoms. The topological polar surface area (TPSA) is 56.7 Å². The van der Waals surface area contributed by atoms with Crippen molar-refractivity contribution in [3.05, 3.63) is 152 Å². The van der Waals surface area contributed by atoms with E-state index in [1.54, 1.807) is 0 Å². The third-order valence-electron chi connectivity index (χ3n) is 10.0. The van der Waals surface area contributed by atoms with Crippen molar-refractivity contribution in [3.63, 3.8) is 0 Å². The second-order valence-corrected chi connectivity index (χ2v) is 14.1. The number of benzene rings is 7. The first-order valence-electron chi connectivity index (χ1n) is 17.1. The first-order valence-corrected chi connectivity index (χ1v) is 18.0. The second kappa shape index (κ2) is 11.2. The molecule has 0 atom stereocenters. The average Bonchev–Trinajstić information content (AvgIpc) is 3.88. The summed E-state index contributed by atoms with van der Waals surface area (Å²) in [7, 11) is 6.44. The lowest BCUT2D eigenvalue weighted by molar-refractivity contribution is 0.669. The summed E-state index contributed by atoms with van der Waals surface area (Å²) in [6.07, 6.45) is 0. The number of furan rings is 1. The van der Waals surface area contributed by atoms with Gasteiger partial charge in [-0.15, -0.1) is 11.3 Å². The maximum absolute atomic E-state index is 6.44. The van der Waals surface area contributed by atoms with Crippen molar-refractivity contribution < 1.29 is 4.42 Å². The Kier molecular flexibility index (Phi) is 6.30. The molecule has 0 aliphatic heterocycles. The van der Waals surface area contributed by atoms with Gasteiger partial charge in [0.1, 0.15) is 19.0 Å². The van der Waals surface area contributed by atoms with Crippen molar-refractivity contribution in [3.8, 4) is 39.9 Å². The highest BCUT2D eigenvalue weighted by Crippen LogP contribution is 2.44. The molecule has 11 aromatic rings. The van der Waals surface area contributed by atoms with E-state index in [1.807, 2.05) is 96.3 Å². The third-order valence-corrected chi connectivity index (χ3v) is 11.2. The van der Waals surface area contributed by atoms with Crippen molar-refractivity contribution in [2.45, 2.75) is 0 Å². The van der Waals surface area contributed by atoms with E-state index < -0.39 is 0 Å². The van der Waals surface area contributed by atoms with Crippen LogP contribution < -0.4 is 5.46 Å². The minimum absolute atomic E-state index is 0.576. The summed E-state index contributed by atoms with van der Waals surface area (Å²) in [5, 5.41) is 6.67. The van der Waals surface area contributed by atoms with Crippen molar-refractivity contribution in [2.24, 2.45) is 0 Å². The van der Waals surface area contributed by atoms with Gasteiger partial charge in [-0.1, -0.05) is 121 Å². The van der Waals surface area contributed by atoms with Crippen LogP contribution in [-0.2, 0) is 0 Å². The zero-order valence-electron chi connectivity index (χ0n) is 27.6. The van der Waals surface area contributed by atoms with Crippen LogP contribution in [0.25, 0.3) is 104 Å². The van der Waals surface area contributed by atoms with Crippen LogP contribution in [0.1, 0.15) is 0 Å². The quantitative estimate of drug-likeness (QED) is 0.174. The van der Waals surface area contributed by atoms with E-state index in [4.69, 9.17) is 27.2 Å². The zero-order valence-corrected chi connectivity index (χ0v) is 28.4. The smallest absolute Gasteiger partial charge is 0.238 e. The lowest BCUT2D eigenvalue weighted by atomic mass is 9.90. The number of fused-ring (bicyclic) bond motifs is 10. The molecule has 240 valence electrons. The Labute approximate surface area is 302 Å². The molecule has 4 aromatic heterocycles. The van der Waals surface area contributed by atoms with Gasteiger partial charge in [-0.05, 0) is 47.5 Å². The van der Waals surface area contributed by atoms with Crippen LogP contribution in [0.2, 0.25) is 0 Å². The van der Waals surface area contributed by atoms with Crippen LogP contribution in [0.5, 0.6) is 0 Å². The monoisotopic (exact) mass is 680 g/mol. The van der Waals surface area contributed by atoms with E-state index in [0.29, 0.717) is 23.1 Å². The van der Waals surface area contributed by atoms with Crippen LogP contribution in [0.15, 0.2) is 156 Å². The van der Waals surface area contributed by atoms with Crippen LogP contribution in [0.4, 0.5) is 0 Å². The molecule has 0 N–H and O–H groups in total. The molecule has 0 bridgehead atoms. The van der Waals surface area contributed by atoms with Gasteiger partial charge < -0.3 is 4.42 Å². The maximum Gasteiger partial charge on any atom is 0.238 e. The Morgan fingerprint density at radius 3 is 1.94 bits per heavy atom. The third kappa shape index (κ3) is 4.39. The number of nitrogens with zero attached hydrogens (tertiary/aromatic N) is 4. The highest BCUT2D eigenvalue weighted by atomic mass is 32.1. The fourth-order valence-electron chi connectivity index (χ4n) is 7.60. The summed E-state index contributed by atoms with van der Waals surface area (Å²) < 4.78 is 10.8. The number of hydrogen-bond acceptors (Lipinski definition) is 5. The minimum Gasteiger partial charge on any atom is -0.456 e. The van der Waals surface area contributed by atoms with Gasteiger partial charge in [-0.25, -0.2) is 4.98 Å². The summed E-state index contributed by atoms with van der Waals surface area (Å²) in [6, 6.07) is 52.2. The van der Waals surface area contributed by atoms with Crippen molar-refractivity contribution in [1.82, 2.24) is 19.5 Å². The number of rotatable bonds is 4. The van der Waals surface area contributed by atoms with Crippen LogP contribution >= 0.6 is 11.3 Å². The Bertz CT molecular complexity index is 3140. The lowest BCUT2D eigenvalue weighted by Crippen LogP contribution is -2.06. The molecule has 7 heteroatoms. The van der Waals surface area contributed by atoms with Gasteiger partial charge in [0, 0.05) is 48.1 Å². The zero-order chi connectivity index (χ0) is 34.3. The molecule has 0 unspecified atom stereocenters.